The predicted octanol–water partition coefficient (Wildman–Crippen LogP) is 3.31. The quantitative estimate of drug-likeness (QED) is 0.856. The number of nitrogens with one attached hydrogen (secondary N) is 1. The summed E-state index contributed by atoms with van der Waals surface area (Å²) < 4.78 is 1.000. The van der Waals surface area contributed by atoms with Crippen molar-refractivity contribution < 1.29 is 0 Å². The van der Waals surface area contributed by atoms with Gasteiger partial charge in [0.2, 0.25) is 0 Å². The van der Waals surface area contributed by atoms with Crippen molar-refractivity contribution in [3.05, 3.63) is 32.9 Å². The van der Waals surface area contributed by atoms with Crippen molar-refractivity contribution in [2.75, 3.05) is 6.54 Å². The summed E-state index contributed by atoms with van der Waals surface area (Å²) in [7, 11) is 0. The Morgan fingerprint density at radius 2 is 2.23 bits per heavy atom. The molecule has 0 aliphatic rings. The third-order valence-corrected chi connectivity index (χ3v) is 3.19. The summed E-state index contributed by atoms with van der Waals surface area (Å²) in [5.41, 5.74) is 0. The molecule has 1 N–H and O–H groups in total. The zero-order valence-corrected chi connectivity index (χ0v) is 10.2. The summed E-state index contributed by atoms with van der Waals surface area (Å²) >= 11 is 5.19. The monoisotopic (exact) mass is 259 g/mol. The Kier molecular flexibility index (Phi) is 4.70. The maximum absolute atomic E-state index is 3.77. The van der Waals surface area contributed by atoms with E-state index >= 15 is 0 Å². The van der Waals surface area contributed by atoms with Gasteiger partial charge in [0.05, 0.1) is 0 Å². The average molecular weight is 260 g/mol. The molecule has 72 valence electrons. The second-order valence-electron chi connectivity index (χ2n) is 2.84. The van der Waals surface area contributed by atoms with E-state index in [2.05, 4.69) is 46.9 Å². The molecule has 0 aliphatic heterocycles. The number of halogens is 1. The molecule has 0 radical (unpaired) electrons. The molecule has 0 amide bonds. The molecule has 1 heterocycles. The topological polar surface area (TPSA) is 12.0 Å². The van der Waals surface area contributed by atoms with Crippen LogP contribution in [-0.2, 0) is 13.0 Å². The summed E-state index contributed by atoms with van der Waals surface area (Å²) in [5.74, 6) is 0. The maximum Gasteiger partial charge on any atom is 0.0303 e. The van der Waals surface area contributed by atoms with Gasteiger partial charge in [0.15, 0.2) is 0 Å². The summed E-state index contributed by atoms with van der Waals surface area (Å²) in [6.07, 6.45) is 1.13. The van der Waals surface area contributed by atoms with Gasteiger partial charge in [-0.05, 0) is 18.6 Å². The first-order valence-electron chi connectivity index (χ1n) is 4.34. The molecule has 0 unspecified atom stereocenters. The van der Waals surface area contributed by atoms with Crippen LogP contribution in [0.25, 0.3) is 0 Å². The van der Waals surface area contributed by atoms with Gasteiger partial charge in [-0.25, -0.2) is 0 Å². The molecule has 1 rings (SSSR count). The van der Waals surface area contributed by atoms with Crippen molar-refractivity contribution in [3.63, 3.8) is 0 Å². The van der Waals surface area contributed by atoms with E-state index in [0.717, 1.165) is 24.0 Å². The summed E-state index contributed by atoms with van der Waals surface area (Å²) in [6.45, 7) is 7.72. The lowest BCUT2D eigenvalue weighted by atomic mass is 10.3. The molecule has 0 saturated heterocycles. The number of hydrogen-bond acceptors (Lipinski definition) is 2. The first-order valence-corrected chi connectivity index (χ1v) is 5.95. The Balaban J connectivity index is 2.32. The Morgan fingerprint density at radius 1 is 1.54 bits per heavy atom. The number of thiophene rings is 1. The van der Waals surface area contributed by atoms with Crippen LogP contribution in [0.4, 0.5) is 0 Å². The third-order valence-electron chi connectivity index (χ3n) is 1.68. The van der Waals surface area contributed by atoms with Crippen LogP contribution in [0.5, 0.6) is 0 Å². The van der Waals surface area contributed by atoms with Crippen LogP contribution in [0.1, 0.15) is 16.7 Å². The number of aryl methyl sites for hydroxylation is 1. The summed E-state index contributed by atoms with van der Waals surface area (Å²) in [6, 6.07) is 4.39. The summed E-state index contributed by atoms with van der Waals surface area (Å²) in [5, 5.41) is 3.30. The van der Waals surface area contributed by atoms with Crippen molar-refractivity contribution in [1.82, 2.24) is 5.32 Å². The van der Waals surface area contributed by atoms with Gasteiger partial charge in [-0.2, -0.15) is 0 Å². The van der Waals surface area contributed by atoms with E-state index in [1.54, 1.807) is 0 Å². The highest BCUT2D eigenvalue weighted by Gasteiger charge is 1.97. The van der Waals surface area contributed by atoms with Gasteiger partial charge < -0.3 is 5.32 Å². The molecule has 1 aromatic rings. The largest absolute Gasteiger partial charge is 0.307 e. The molecule has 13 heavy (non-hydrogen) atoms. The zero-order valence-electron chi connectivity index (χ0n) is 7.77. The fourth-order valence-corrected chi connectivity index (χ4v) is 2.15. The lowest BCUT2D eigenvalue weighted by Crippen LogP contribution is -2.13. The minimum absolute atomic E-state index is 0.833. The third kappa shape index (κ3) is 4.07. The smallest absolute Gasteiger partial charge is 0.0303 e. The van der Waals surface area contributed by atoms with Gasteiger partial charge in [0, 0.05) is 27.3 Å². The molecule has 1 aromatic heterocycles. The van der Waals surface area contributed by atoms with E-state index < -0.39 is 0 Å². The predicted molar refractivity (Wildman–Crippen MR) is 63.5 cm³/mol. The van der Waals surface area contributed by atoms with Crippen molar-refractivity contribution in [2.45, 2.75) is 19.9 Å². The molecular weight excluding hydrogens is 246 g/mol. The van der Waals surface area contributed by atoms with E-state index in [0.29, 0.717) is 0 Å². The van der Waals surface area contributed by atoms with Crippen LogP contribution in [0.15, 0.2) is 23.2 Å². The summed E-state index contributed by atoms with van der Waals surface area (Å²) in [4.78, 5) is 2.85. The minimum Gasteiger partial charge on any atom is -0.307 e. The molecule has 1 nitrogen and oxygen atoms in total. The molecule has 0 bridgehead atoms. The second kappa shape index (κ2) is 5.58. The van der Waals surface area contributed by atoms with Gasteiger partial charge in [-0.1, -0.05) is 29.4 Å². The van der Waals surface area contributed by atoms with E-state index in [-0.39, 0.29) is 0 Å². The van der Waals surface area contributed by atoms with Crippen molar-refractivity contribution in [1.29, 1.82) is 0 Å². The molecule has 3 heteroatoms. The first-order chi connectivity index (χ1) is 6.22. The minimum atomic E-state index is 0.833. The van der Waals surface area contributed by atoms with E-state index in [4.69, 9.17) is 0 Å². The van der Waals surface area contributed by atoms with Crippen LogP contribution in [0, 0.1) is 0 Å². The van der Waals surface area contributed by atoms with Crippen LogP contribution in [0.2, 0.25) is 0 Å². The molecule has 0 aliphatic carbocycles. The van der Waals surface area contributed by atoms with Crippen LogP contribution in [0.3, 0.4) is 0 Å². The Bertz CT molecular complexity index is 280. The Morgan fingerprint density at radius 3 is 2.77 bits per heavy atom. The van der Waals surface area contributed by atoms with Crippen LogP contribution < -0.4 is 5.32 Å². The van der Waals surface area contributed by atoms with Crippen molar-refractivity contribution in [2.24, 2.45) is 0 Å². The van der Waals surface area contributed by atoms with E-state index in [9.17, 15) is 0 Å². The number of rotatable bonds is 5. The van der Waals surface area contributed by atoms with Gasteiger partial charge in [-0.15, -0.1) is 11.3 Å². The van der Waals surface area contributed by atoms with Crippen molar-refractivity contribution in [3.8, 4) is 0 Å². The molecule has 0 fully saturated rings. The average Bonchev–Trinajstić information content (AvgIpc) is 2.52. The standard InChI is InChI=1S/C10H14BrNS/c1-3-9-4-5-10(13-9)7-12-6-8(2)11/h4-5,12H,2-3,6-7H2,1H3. The normalized spacial score (nSPS) is 10.3. The van der Waals surface area contributed by atoms with Crippen LogP contribution >= 0.6 is 27.3 Å². The highest BCUT2D eigenvalue weighted by atomic mass is 79.9. The molecule has 0 spiro atoms. The lowest BCUT2D eigenvalue weighted by Gasteiger charge is -1.99. The highest BCUT2D eigenvalue weighted by Crippen LogP contribution is 2.16. The van der Waals surface area contributed by atoms with Crippen LogP contribution in [-0.4, -0.2) is 6.54 Å². The lowest BCUT2D eigenvalue weighted by molar-refractivity contribution is 0.767. The number of hydrogen-bond donors (Lipinski definition) is 1. The van der Waals surface area contributed by atoms with Gasteiger partial charge in [0.1, 0.15) is 0 Å². The fourth-order valence-electron chi connectivity index (χ4n) is 1.03. The Labute approximate surface area is 92.0 Å². The molecule has 0 aromatic carbocycles. The molecule has 0 saturated carbocycles. The molecule has 0 atom stereocenters. The first kappa shape index (κ1) is 11.0. The van der Waals surface area contributed by atoms with E-state index in [1.807, 2.05) is 11.3 Å². The fraction of sp³-hybridized carbons (Fsp3) is 0.400. The SMILES string of the molecule is C=C(Br)CNCc1ccc(CC)s1. The van der Waals surface area contributed by atoms with Crippen molar-refractivity contribution >= 4 is 27.3 Å². The van der Waals surface area contributed by atoms with E-state index in [1.165, 1.54) is 9.75 Å². The van der Waals surface area contributed by atoms with Gasteiger partial charge in [0.25, 0.3) is 0 Å². The van der Waals surface area contributed by atoms with Gasteiger partial charge >= 0.3 is 0 Å². The maximum atomic E-state index is 3.77. The molecular formula is C10H14BrNS. The Hall–Kier alpha value is -0.120. The second-order valence-corrected chi connectivity index (χ2v) is 5.22. The zero-order chi connectivity index (χ0) is 9.68. The van der Waals surface area contributed by atoms with Gasteiger partial charge in [-0.3, -0.25) is 0 Å². The highest BCUT2D eigenvalue weighted by molar-refractivity contribution is 9.11.